The van der Waals surface area contributed by atoms with E-state index in [0.717, 1.165) is 38.4 Å². The number of amides is 1. The van der Waals surface area contributed by atoms with Crippen LogP contribution in [0.1, 0.15) is 35.7 Å². The number of hydrogen-bond donors (Lipinski definition) is 1. The maximum atomic E-state index is 14.3. The largest absolute Gasteiger partial charge is 0.496 e. The topological polar surface area (TPSA) is 100 Å². The van der Waals surface area contributed by atoms with E-state index in [1.54, 1.807) is 0 Å². The highest BCUT2D eigenvalue weighted by Crippen LogP contribution is 2.64. The molecule has 0 bridgehead atoms. The number of para-hydroxylation sites is 1. The van der Waals surface area contributed by atoms with Gasteiger partial charge in [-0.05, 0) is 25.5 Å². The quantitative estimate of drug-likeness (QED) is 0.0694. The van der Waals surface area contributed by atoms with Crippen molar-refractivity contribution < 1.29 is 103 Å². The molecule has 2 aromatic rings. The van der Waals surface area contributed by atoms with Gasteiger partial charge >= 0.3 is 53.6 Å². The molecule has 1 amide bonds. The van der Waals surface area contributed by atoms with Crippen LogP contribution < -0.4 is 19.9 Å². The van der Waals surface area contributed by atoms with Gasteiger partial charge in [-0.15, -0.1) is 0 Å². The van der Waals surface area contributed by atoms with Crippen molar-refractivity contribution in [2.45, 2.75) is 80.0 Å². The number of carbonyl (C=O) groups excluding carboxylic acids is 2. The molecule has 1 atom stereocenters. The average molecular weight is 849 g/mol. The Morgan fingerprint density at radius 3 is 1.57 bits per heavy atom. The van der Waals surface area contributed by atoms with Crippen LogP contribution in [0.5, 0.6) is 17.2 Å². The van der Waals surface area contributed by atoms with Gasteiger partial charge in [0.2, 0.25) is 0 Å². The third-order valence-corrected chi connectivity index (χ3v) is 8.06. The molecule has 318 valence electrons. The number of methoxy groups -OCH3 is 3. The summed E-state index contributed by atoms with van der Waals surface area (Å²) in [7, 11) is 3.13. The number of halogens is 17. The Bertz CT molecular complexity index is 1690. The van der Waals surface area contributed by atoms with Crippen molar-refractivity contribution in [3.05, 3.63) is 47.5 Å². The smallest absolute Gasteiger partial charge is 0.460 e. The number of carbonyl (C=O) groups is 2. The first kappa shape index (κ1) is 47.5. The Labute approximate surface area is 304 Å². The number of benzene rings is 2. The van der Waals surface area contributed by atoms with E-state index in [2.05, 4.69) is 0 Å². The molecule has 0 unspecified atom stereocenters. The van der Waals surface area contributed by atoms with Crippen molar-refractivity contribution in [2.24, 2.45) is 0 Å². The molecule has 0 aliphatic rings. The van der Waals surface area contributed by atoms with Crippen LogP contribution in [0.3, 0.4) is 0 Å². The second-order valence-corrected chi connectivity index (χ2v) is 11.6. The molecule has 25 heteroatoms. The summed E-state index contributed by atoms with van der Waals surface area (Å²) in [6, 6.07) is 6.30. The van der Waals surface area contributed by atoms with Crippen LogP contribution in [-0.2, 0) is 16.1 Å². The highest BCUT2D eigenvalue weighted by atomic mass is 19.4. The number of alkyl halides is 17. The Balaban J connectivity index is 2.37. The lowest BCUT2D eigenvalue weighted by molar-refractivity contribution is -0.461. The SMILES string of the molecule is COC(=O)[C@H](C)N(Cc1c(OC)cc(OCCCC(F)(F)C(F)(F)C(F)(F)C(F)(F)C(F)(F)C(F)(F)C(F)(F)C(F)(F)F)cc1OC)C(=O)c1ccccc1N. The lowest BCUT2D eigenvalue weighted by atomic mass is 9.88. The zero-order valence-electron chi connectivity index (χ0n) is 28.8. The number of ether oxygens (including phenoxy) is 4. The zero-order valence-corrected chi connectivity index (χ0v) is 28.8. The van der Waals surface area contributed by atoms with Gasteiger partial charge in [-0.3, -0.25) is 4.79 Å². The molecule has 2 rings (SSSR count). The summed E-state index contributed by atoms with van der Waals surface area (Å²) in [6.07, 6.45) is -12.1. The Kier molecular flexibility index (Phi) is 13.7. The van der Waals surface area contributed by atoms with Gasteiger partial charge < -0.3 is 29.6 Å². The summed E-state index contributed by atoms with van der Waals surface area (Å²) in [4.78, 5) is 26.9. The number of esters is 1. The van der Waals surface area contributed by atoms with E-state index >= 15 is 0 Å². The maximum absolute atomic E-state index is 14.3. The maximum Gasteiger partial charge on any atom is 0.460 e. The number of hydrogen-bond acceptors (Lipinski definition) is 7. The van der Waals surface area contributed by atoms with Gasteiger partial charge in [-0.1, -0.05) is 12.1 Å². The van der Waals surface area contributed by atoms with Gasteiger partial charge in [0.1, 0.15) is 23.3 Å². The second kappa shape index (κ2) is 16.1. The van der Waals surface area contributed by atoms with Gasteiger partial charge in [0.15, 0.2) is 0 Å². The first-order valence-corrected chi connectivity index (χ1v) is 15.1. The van der Waals surface area contributed by atoms with Crippen LogP contribution in [0, 0.1) is 0 Å². The van der Waals surface area contributed by atoms with Gasteiger partial charge in [0, 0.05) is 24.2 Å². The van der Waals surface area contributed by atoms with E-state index in [1.807, 2.05) is 0 Å². The first-order valence-electron chi connectivity index (χ1n) is 15.1. The monoisotopic (exact) mass is 848 g/mol. The number of anilines is 1. The molecular weight excluding hydrogens is 819 g/mol. The van der Waals surface area contributed by atoms with Gasteiger partial charge in [0.25, 0.3) is 5.91 Å². The number of nitrogens with two attached hydrogens (primary N) is 1. The zero-order chi connectivity index (χ0) is 43.7. The summed E-state index contributed by atoms with van der Waals surface area (Å²) >= 11 is 0. The summed E-state index contributed by atoms with van der Waals surface area (Å²) in [6.45, 7) is -0.458. The minimum absolute atomic E-state index is 0.00749. The summed E-state index contributed by atoms with van der Waals surface area (Å²) < 4.78 is 251. The van der Waals surface area contributed by atoms with Crippen LogP contribution in [0.15, 0.2) is 36.4 Å². The molecule has 0 aromatic heterocycles. The number of nitrogen functional groups attached to an aromatic ring is 1. The van der Waals surface area contributed by atoms with Crippen molar-refractivity contribution in [3.63, 3.8) is 0 Å². The van der Waals surface area contributed by atoms with Crippen LogP contribution in [0.2, 0.25) is 0 Å². The lowest BCUT2D eigenvalue weighted by Crippen LogP contribution is -2.74. The molecule has 0 radical (unpaired) electrons. The van der Waals surface area contributed by atoms with E-state index in [1.165, 1.54) is 31.2 Å². The molecule has 2 aromatic carbocycles. The van der Waals surface area contributed by atoms with E-state index in [-0.39, 0.29) is 28.3 Å². The molecule has 0 aliphatic heterocycles. The fourth-order valence-electron chi connectivity index (χ4n) is 4.74. The normalized spacial score (nSPS) is 14.2. The Morgan fingerprint density at radius 2 is 1.14 bits per heavy atom. The van der Waals surface area contributed by atoms with E-state index in [0.29, 0.717) is 0 Å². The molecule has 0 aliphatic carbocycles. The van der Waals surface area contributed by atoms with Crippen molar-refractivity contribution in [2.75, 3.05) is 33.7 Å². The predicted octanol–water partition coefficient (Wildman–Crippen LogP) is 8.66. The van der Waals surface area contributed by atoms with Crippen molar-refractivity contribution >= 4 is 17.6 Å². The molecule has 2 N–H and O–H groups in total. The molecule has 0 saturated heterocycles. The van der Waals surface area contributed by atoms with Crippen molar-refractivity contribution in [1.82, 2.24) is 4.90 Å². The standard InChI is InChI=1S/C31H29F17N2O6/c1-15(23(52)55-4)50(22(51)17-8-5-6-9-19(17)49)14-18-20(53-2)12-16(13-21(18)54-3)56-11-7-10-24(32,33)25(34,35)26(36,37)27(38,39)28(40,41)29(42,43)30(44,45)31(46,47)48/h5-6,8-9,12-13,15H,7,10-11,14,49H2,1-4H3/t15-/m0/s1. The molecule has 0 fully saturated rings. The molecule has 8 nitrogen and oxygen atoms in total. The lowest BCUT2D eigenvalue weighted by Gasteiger charge is -2.42. The summed E-state index contributed by atoms with van der Waals surface area (Å²) in [5.41, 5.74) is 5.84. The van der Waals surface area contributed by atoms with E-state index in [4.69, 9.17) is 24.7 Å². The third kappa shape index (κ3) is 8.11. The van der Waals surface area contributed by atoms with Crippen LogP contribution in [0.25, 0.3) is 0 Å². The van der Waals surface area contributed by atoms with Gasteiger partial charge in [-0.25, -0.2) is 4.79 Å². The minimum atomic E-state index is -8.72. The first-order chi connectivity index (χ1) is 25.3. The van der Waals surface area contributed by atoms with E-state index < -0.39 is 97.3 Å². The second-order valence-electron chi connectivity index (χ2n) is 11.6. The minimum Gasteiger partial charge on any atom is -0.496 e. The predicted molar refractivity (Wildman–Crippen MR) is 157 cm³/mol. The van der Waals surface area contributed by atoms with Gasteiger partial charge in [-0.2, -0.15) is 74.6 Å². The molecule has 0 saturated carbocycles. The van der Waals surface area contributed by atoms with Crippen molar-refractivity contribution in [1.29, 1.82) is 0 Å². The summed E-state index contributed by atoms with van der Waals surface area (Å²) in [5.74, 6) is -59.6. The molecular formula is C31H29F17N2O6. The Morgan fingerprint density at radius 1 is 0.696 bits per heavy atom. The van der Waals surface area contributed by atoms with Crippen LogP contribution >= 0.6 is 0 Å². The molecule has 0 heterocycles. The number of rotatable bonds is 18. The number of nitrogens with zero attached hydrogens (tertiary/aromatic N) is 1. The Hall–Kier alpha value is -4.61. The highest BCUT2D eigenvalue weighted by Gasteiger charge is 2.95. The van der Waals surface area contributed by atoms with Gasteiger partial charge in [0.05, 0.1) is 45.6 Å². The molecule has 56 heavy (non-hydrogen) atoms. The summed E-state index contributed by atoms with van der Waals surface area (Å²) in [5, 5.41) is 0. The van der Waals surface area contributed by atoms with E-state index in [9.17, 15) is 84.2 Å². The van der Waals surface area contributed by atoms with Crippen LogP contribution in [-0.4, -0.2) is 98.4 Å². The molecule has 0 spiro atoms. The van der Waals surface area contributed by atoms with Crippen LogP contribution in [0.4, 0.5) is 80.3 Å². The van der Waals surface area contributed by atoms with Crippen molar-refractivity contribution in [3.8, 4) is 17.2 Å². The highest BCUT2D eigenvalue weighted by molar-refractivity contribution is 6.01. The average Bonchev–Trinajstić information content (AvgIpc) is 3.10. The third-order valence-electron chi connectivity index (χ3n) is 8.06. The fourth-order valence-corrected chi connectivity index (χ4v) is 4.74. The fraction of sp³-hybridized carbons (Fsp3) is 0.548.